The SMILES string of the molecule is CCCC1CCC(C2CCC(C3CCC(c4ccc(OC(F)(F)C=C(F)F)c(F)c4)CC3)CC2)OC1. The van der Waals surface area contributed by atoms with Crippen molar-refractivity contribution in [2.24, 2.45) is 23.7 Å². The van der Waals surface area contributed by atoms with Crippen LogP contribution < -0.4 is 4.74 Å². The number of benzene rings is 1. The van der Waals surface area contributed by atoms with Crippen molar-refractivity contribution in [3.63, 3.8) is 0 Å². The first-order valence-electron chi connectivity index (χ1n) is 13.8. The van der Waals surface area contributed by atoms with Crippen LogP contribution in [0.1, 0.15) is 95.5 Å². The van der Waals surface area contributed by atoms with Gasteiger partial charge < -0.3 is 9.47 Å². The molecule has 1 aromatic carbocycles. The molecule has 2 nitrogen and oxygen atoms in total. The Kier molecular flexibility index (Phi) is 9.35. The van der Waals surface area contributed by atoms with Crippen LogP contribution in [0.15, 0.2) is 30.4 Å². The molecular formula is C29H39F5O2. The van der Waals surface area contributed by atoms with E-state index in [1.54, 1.807) is 6.07 Å². The molecule has 3 aliphatic rings. The summed E-state index contributed by atoms with van der Waals surface area (Å²) >= 11 is 0. The van der Waals surface area contributed by atoms with Gasteiger partial charge in [0.05, 0.1) is 12.2 Å². The maximum atomic E-state index is 14.4. The molecule has 1 saturated heterocycles. The summed E-state index contributed by atoms with van der Waals surface area (Å²) in [5.74, 6) is 1.39. The minimum atomic E-state index is -4.27. The van der Waals surface area contributed by atoms with Crippen molar-refractivity contribution < 1.29 is 31.4 Å². The van der Waals surface area contributed by atoms with E-state index < -0.39 is 29.8 Å². The third-order valence-corrected chi connectivity index (χ3v) is 8.83. The Morgan fingerprint density at radius 2 is 1.58 bits per heavy atom. The zero-order valence-electron chi connectivity index (χ0n) is 21.2. The van der Waals surface area contributed by atoms with Gasteiger partial charge in [0, 0.05) is 6.61 Å². The number of alkyl halides is 2. The molecule has 0 aromatic heterocycles. The molecule has 1 aromatic rings. The second-order valence-corrected chi connectivity index (χ2v) is 11.2. The highest BCUT2D eigenvalue weighted by atomic mass is 19.3. The smallest absolute Gasteiger partial charge is 0.425 e. The van der Waals surface area contributed by atoms with Crippen LogP contribution in [-0.2, 0) is 4.74 Å². The lowest BCUT2D eigenvalue weighted by Gasteiger charge is -2.41. The number of rotatable bonds is 8. The molecule has 0 bridgehead atoms. The van der Waals surface area contributed by atoms with Crippen molar-refractivity contribution in [2.75, 3.05) is 6.61 Å². The van der Waals surface area contributed by atoms with E-state index >= 15 is 0 Å². The summed E-state index contributed by atoms with van der Waals surface area (Å²) in [5, 5.41) is 0. The Hall–Kier alpha value is -1.63. The highest BCUT2D eigenvalue weighted by molar-refractivity contribution is 5.32. The summed E-state index contributed by atoms with van der Waals surface area (Å²) in [5.41, 5.74) is 0.758. The number of hydrogen-bond acceptors (Lipinski definition) is 2. The summed E-state index contributed by atoms with van der Waals surface area (Å²) < 4.78 is 76.0. The van der Waals surface area contributed by atoms with Crippen molar-refractivity contribution in [1.29, 1.82) is 0 Å². The lowest BCUT2D eigenvalue weighted by atomic mass is 9.67. The van der Waals surface area contributed by atoms with E-state index in [2.05, 4.69) is 11.7 Å². The van der Waals surface area contributed by atoms with Gasteiger partial charge in [-0.3, -0.25) is 0 Å². The van der Waals surface area contributed by atoms with Gasteiger partial charge in [0.15, 0.2) is 11.6 Å². The van der Waals surface area contributed by atoms with Crippen LogP contribution in [0.4, 0.5) is 22.0 Å². The van der Waals surface area contributed by atoms with Gasteiger partial charge in [-0.05, 0) is 118 Å². The minimum Gasteiger partial charge on any atom is -0.426 e. The molecule has 2 aliphatic carbocycles. The van der Waals surface area contributed by atoms with Crippen LogP contribution >= 0.6 is 0 Å². The molecule has 4 rings (SSSR count). The molecule has 2 atom stereocenters. The molecule has 0 radical (unpaired) electrons. The van der Waals surface area contributed by atoms with E-state index in [9.17, 15) is 22.0 Å². The molecule has 3 fully saturated rings. The molecular weight excluding hydrogens is 475 g/mol. The average Bonchev–Trinajstić information content (AvgIpc) is 2.85. The standard InChI is InChI=1S/C29H39F5O2/c1-2-3-19-4-14-26(35-18-19)23-11-9-21(10-12-23)20-5-7-22(8-6-20)24-13-15-27(25(30)16-24)36-29(33,34)17-28(31)32/h13,15-17,19-23,26H,2-12,14,18H2,1H3. The lowest BCUT2D eigenvalue weighted by molar-refractivity contribution is -0.135. The van der Waals surface area contributed by atoms with E-state index in [1.807, 2.05) is 0 Å². The predicted octanol–water partition coefficient (Wildman–Crippen LogP) is 9.25. The fourth-order valence-corrected chi connectivity index (χ4v) is 6.90. The highest BCUT2D eigenvalue weighted by Crippen LogP contribution is 2.46. The van der Waals surface area contributed by atoms with Crippen LogP contribution in [0, 0.1) is 29.5 Å². The fourth-order valence-electron chi connectivity index (χ4n) is 6.90. The second kappa shape index (κ2) is 12.3. The summed E-state index contributed by atoms with van der Waals surface area (Å²) in [7, 11) is 0. The Bertz CT molecular complexity index is 860. The van der Waals surface area contributed by atoms with Crippen molar-refractivity contribution >= 4 is 0 Å². The summed E-state index contributed by atoms with van der Waals surface area (Å²) in [4.78, 5) is 0. The maximum Gasteiger partial charge on any atom is 0.425 e. The van der Waals surface area contributed by atoms with Crippen molar-refractivity contribution in [1.82, 2.24) is 0 Å². The molecule has 36 heavy (non-hydrogen) atoms. The van der Waals surface area contributed by atoms with Gasteiger partial charge in [0.2, 0.25) is 0 Å². The quantitative estimate of drug-likeness (QED) is 0.322. The Labute approximate surface area is 211 Å². The zero-order chi connectivity index (χ0) is 25.7. The monoisotopic (exact) mass is 514 g/mol. The largest absolute Gasteiger partial charge is 0.426 e. The first-order valence-corrected chi connectivity index (χ1v) is 13.8. The van der Waals surface area contributed by atoms with E-state index in [0.717, 1.165) is 55.8 Å². The van der Waals surface area contributed by atoms with Crippen LogP contribution in [-0.4, -0.2) is 18.8 Å². The Balaban J connectivity index is 1.23. The van der Waals surface area contributed by atoms with Crippen molar-refractivity contribution in [2.45, 2.75) is 102 Å². The minimum absolute atomic E-state index is 0.177. The van der Waals surface area contributed by atoms with Crippen LogP contribution in [0.2, 0.25) is 0 Å². The van der Waals surface area contributed by atoms with Gasteiger partial charge in [-0.25, -0.2) is 4.39 Å². The third kappa shape index (κ3) is 7.23. The molecule has 0 N–H and O–H groups in total. The molecule has 1 heterocycles. The van der Waals surface area contributed by atoms with Gasteiger partial charge in [0.25, 0.3) is 6.08 Å². The first-order chi connectivity index (χ1) is 17.2. The number of halogens is 5. The van der Waals surface area contributed by atoms with Crippen molar-refractivity contribution in [3.8, 4) is 5.75 Å². The first kappa shape index (κ1) is 27.4. The zero-order valence-corrected chi connectivity index (χ0v) is 21.2. The van der Waals surface area contributed by atoms with E-state index in [1.165, 1.54) is 57.4 Å². The molecule has 1 aliphatic heterocycles. The normalized spacial score (nSPS) is 31.6. The van der Waals surface area contributed by atoms with Gasteiger partial charge in [0.1, 0.15) is 0 Å². The van der Waals surface area contributed by atoms with E-state index in [4.69, 9.17) is 4.74 Å². The second-order valence-electron chi connectivity index (χ2n) is 11.2. The molecule has 0 spiro atoms. The topological polar surface area (TPSA) is 18.5 Å². The van der Waals surface area contributed by atoms with Crippen molar-refractivity contribution in [3.05, 3.63) is 41.7 Å². The van der Waals surface area contributed by atoms with Gasteiger partial charge >= 0.3 is 6.11 Å². The molecule has 202 valence electrons. The van der Waals surface area contributed by atoms with Gasteiger partial charge in [-0.15, -0.1) is 0 Å². The summed E-state index contributed by atoms with van der Waals surface area (Å²) in [6.07, 6.45) is 7.14. The molecule has 2 unspecified atom stereocenters. The van der Waals surface area contributed by atoms with Crippen LogP contribution in [0.3, 0.4) is 0 Å². The van der Waals surface area contributed by atoms with Gasteiger partial charge in [-0.1, -0.05) is 19.4 Å². The third-order valence-electron chi connectivity index (χ3n) is 8.83. The Morgan fingerprint density at radius 1 is 0.944 bits per heavy atom. The van der Waals surface area contributed by atoms with Crippen LogP contribution in [0.25, 0.3) is 0 Å². The number of hydrogen-bond donors (Lipinski definition) is 0. The summed E-state index contributed by atoms with van der Waals surface area (Å²) in [6.45, 7) is 3.18. The highest BCUT2D eigenvalue weighted by Gasteiger charge is 2.36. The van der Waals surface area contributed by atoms with Crippen LogP contribution in [0.5, 0.6) is 5.75 Å². The fraction of sp³-hybridized carbons (Fsp3) is 0.724. The molecule has 7 heteroatoms. The average molecular weight is 515 g/mol. The van der Waals surface area contributed by atoms with Gasteiger partial charge in [-0.2, -0.15) is 17.6 Å². The van der Waals surface area contributed by atoms with E-state index in [-0.39, 0.29) is 5.92 Å². The number of ether oxygens (including phenoxy) is 2. The molecule has 0 amide bonds. The predicted molar refractivity (Wildman–Crippen MR) is 130 cm³/mol. The molecule has 2 saturated carbocycles. The Morgan fingerprint density at radius 3 is 2.14 bits per heavy atom. The lowest BCUT2D eigenvalue weighted by Crippen LogP contribution is -2.35. The van der Waals surface area contributed by atoms with E-state index in [0.29, 0.717) is 17.9 Å². The summed E-state index contributed by atoms with van der Waals surface area (Å²) in [6, 6.07) is 3.91. The maximum absolute atomic E-state index is 14.4.